The number of rotatable bonds is 7. The first kappa shape index (κ1) is 19.9. The Bertz CT molecular complexity index is 880. The zero-order chi connectivity index (χ0) is 20.0. The number of nitro groups is 1. The Labute approximate surface area is 157 Å². The normalized spacial score (nSPS) is 10.1. The molecule has 142 valence electrons. The maximum Gasteiger partial charge on any atom is 0.433 e. The van der Waals surface area contributed by atoms with E-state index in [-0.39, 0.29) is 6.54 Å². The Morgan fingerprint density at radius 2 is 1.96 bits per heavy atom. The highest BCUT2D eigenvalue weighted by molar-refractivity contribution is 6.33. The summed E-state index contributed by atoms with van der Waals surface area (Å²) >= 11 is 5.93. The Kier molecular flexibility index (Phi) is 6.50. The van der Waals surface area contributed by atoms with Crippen LogP contribution < -0.4 is 5.32 Å². The maximum atomic E-state index is 12.0. The topological polar surface area (TPSA) is 132 Å². The minimum absolute atomic E-state index is 0.298. The van der Waals surface area contributed by atoms with E-state index in [9.17, 15) is 24.5 Å². The Morgan fingerprint density at radius 3 is 2.59 bits per heavy atom. The molecule has 11 heteroatoms. The van der Waals surface area contributed by atoms with Gasteiger partial charge in [-0.25, -0.2) is 4.79 Å². The molecule has 1 N–H and O–H groups in total. The molecule has 0 atom stereocenters. The number of furan rings is 1. The second kappa shape index (κ2) is 8.81. The summed E-state index contributed by atoms with van der Waals surface area (Å²) < 4.78 is 9.39. The van der Waals surface area contributed by atoms with Crippen LogP contribution in [-0.2, 0) is 14.3 Å². The molecule has 0 radical (unpaired) electrons. The number of nitrogens with one attached hydrogen (secondary N) is 1. The van der Waals surface area contributed by atoms with E-state index in [4.69, 9.17) is 16.3 Å². The third-order valence-electron chi connectivity index (χ3n) is 3.25. The number of ether oxygens (including phenoxy) is 1. The average Bonchev–Trinajstić information content (AvgIpc) is 3.11. The molecule has 1 heterocycles. The van der Waals surface area contributed by atoms with Gasteiger partial charge in [-0.2, -0.15) is 0 Å². The highest BCUT2D eigenvalue weighted by Gasteiger charge is 2.21. The molecule has 0 aliphatic carbocycles. The first-order chi connectivity index (χ1) is 12.8. The number of benzene rings is 1. The fraction of sp³-hybridized carbons (Fsp3) is 0.188. The molecule has 0 saturated heterocycles. The van der Waals surface area contributed by atoms with Gasteiger partial charge in [0.05, 0.1) is 23.3 Å². The van der Waals surface area contributed by atoms with Crippen molar-refractivity contribution >= 4 is 41.0 Å². The van der Waals surface area contributed by atoms with Gasteiger partial charge in [0.2, 0.25) is 11.7 Å². The van der Waals surface area contributed by atoms with E-state index in [2.05, 4.69) is 9.73 Å². The lowest BCUT2D eigenvalue weighted by atomic mass is 10.3. The zero-order valence-corrected chi connectivity index (χ0v) is 14.8. The molecule has 2 aromatic rings. The Balaban J connectivity index is 1.82. The van der Waals surface area contributed by atoms with E-state index in [1.54, 1.807) is 24.3 Å². The Morgan fingerprint density at radius 1 is 1.26 bits per heavy atom. The molecule has 10 nitrogen and oxygen atoms in total. The predicted octanol–water partition coefficient (Wildman–Crippen LogP) is 2.10. The monoisotopic (exact) mass is 395 g/mol. The number of carbonyl (C=O) groups is 3. The number of carbonyl (C=O) groups excluding carboxylic acids is 3. The molecule has 0 unspecified atom stereocenters. The van der Waals surface area contributed by atoms with Gasteiger partial charge in [0.25, 0.3) is 5.91 Å². The second-order valence-corrected chi connectivity index (χ2v) is 5.66. The standard InChI is InChI=1S/C16H14ClN3O7/c1-19(8-13(21)18-11-5-3-2-4-10(11)17)14(22)9-26-16(23)12-6-7-15(27-12)20(24)25/h2-7H,8-9H2,1H3,(H,18,21). The fourth-order valence-corrected chi connectivity index (χ4v) is 2.08. The lowest BCUT2D eigenvalue weighted by Gasteiger charge is -2.16. The van der Waals surface area contributed by atoms with Crippen molar-refractivity contribution in [1.82, 2.24) is 4.90 Å². The minimum atomic E-state index is -1.04. The number of halogens is 1. The average molecular weight is 396 g/mol. The van der Waals surface area contributed by atoms with Crippen molar-refractivity contribution < 1.29 is 28.5 Å². The molecule has 1 aromatic heterocycles. The number of likely N-dealkylation sites (N-methyl/N-ethyl adjacent to an activating group) is 1. The number of hydrogen-bond donors (Lipinski definition) is 1. The van der Waals surface area contributed by atoms with E-state index in [1.165, 1.54) is 7.05 Å². The fourth-order valence-electron chi connectivity index (χ4n) is 1.90. The van der Waals surface area contributed by atoms with Gasteiger partial charge < -0.3 is 19.4 Å². The zero-order valence-electron chi connectivity index (χ0n) is 14.0. The van der Waals surface area contributed by atoms with Crippen LogP contribution in [0, 0.1) is 10.1 Å². The number of para-hydroxylation sites is 1. The second-order valence-electron chi connectivity index (χ2n) is 5.25. The smallest absolute Gasteiger partial charge is 0.433 e. The van der Waals surface area contributed by atoms with E-state index >= 15 is 0 Å². The van der Waals surface area contributed by atoms with Crippen LogP contribution in [0.5, 0.6) is 0 Å². The van der Waals surface area contributed by atoms with Crippen LogP contribution in [0.3, 0.4) is 0 Å². The number of amides is 2. The van der Waals surface area contributed by atoms with Gasteiger partial charge in [-0.15, -0.1) is 0 Å². The lowest BCUT2D eigenvalue weighted by Crippen LogP contribution is -2.37. The molecule has 0 aliphatic rings. The summed E-state index contributed by atoms with van der Waals surface area (Å²) in [5.74, 6) is -3.22. The first-order valence-corrected chi connectivity index (χ1v) is 7.85. The number of nitrogens with zero attached hydrogens (tertiary/aromatic N) is 2. The molecule has 27 heavy (non-hydrogen) atoms. The SMILES string of the molecule is CN(CC(=O)Nc1ccccc1Cl)C(=O)COC(=O)c1ccc([N+](=O)[O-])o1. The summed E-state index contributed by atoms with van der Waals surface area (Å²) in [5, 5.41) is 13.4. The minimum Gasteiger partial charge on any atom is -0.450 e. The molecule has 1 aromatic carbocycles. The van der Waals surface area contributed by atoms with Crippen LogP contribution in [0.2, 0.25) is 5.02 Å². The highest BCUT2D eigenvalue weighted by atomic mass is 35.5. The molecule has 2 amide bonds. The van der Waals surface area contributed by atoms with Gasteiger partial charge in [-0.3, -0.25) is 19.7 Å². The van der Waals surface area contributed by atoms with Gasteiger partial charge in [0.15, 0.2) is 6.61 Å². The van der Waals surface area contributed by atoms with Crippen LogP contribution in [0.1, 0.15) is 10.6 Å². The van der Waals surface area contributed by atoms with Gasteiger partial charge in [-0.05, 0) is 18.2 Å². The molecule has 0 saturated carbocycles. The van der Waals surface area contributed by atoms with E-state index < -0.39 is 41.0 Å². The first-order valence-electron chi connectivity index (χ1n) is 7.47. The van der Waals surface area contributed by atoms with Crippen molar-refractivity contribution in [3.05, 3.63) is 57.3 Å². The Hall–Kier alpha value is -3.40. The van der Waals surface area contributed by atoms with Gasteiger partial charge >= 0.3 is 11.9 Å². The molecule has 0 fully saturated rings. The summed E-state index contributed by atoms with van der Waals surface area (Å²) in [5.41, 5.74) is 0.399. The van der Waals surface area contributed by atoms with Gasteiger partial charge in [0.1, 0.15) is 4.92 Å². The summed E-state index contributed by atoms with van der Waals surface area (Å²) in [6, 6.07) is 8.65. The molecule has 0 aliphatic heterocycles. The summed E-state index contributed by atoms with van der Waals surface area (Å²) in [6.07, 6.45) is 0. The van der Waals surface area contributed by atoms with Crippen molar-refractivity contribution in [2.24, 2.45) is 0 Å². The van der Waals surface area contributed by atoms with Crippen molar-refractivity contribution in [3.8, 4) is 0 Å². The van der Waals surface area contributed by atoms with E-state index in [0.29, 0.717) is 10.7 Å². The van der Waals surface area contributed by atoms with E-state index in [1.807, 2.05) is 0 Å². The van der Waals surface area contributed by atoms with Crippen LogP contribution in [0.15, 0.2) is 40.8 Å². The number of anilines is 1. The van der Waals surface area contributed by atoms with Crippen molar-refractivity contribution in [2.45, 2.75) is 0 Å². The summed E-state index contributed by atoms with van der Waals surface area (Å²) in [4.78, 5) is 46.3. The maximum absolute atomic E-state index is 12.0. The van der Waals surface area contributed by atoms with Crippen molar-refractivity contribution in [2.75, 3.05) is 25.5 Å². The third kappa shape index (κ3) is 5.54. The van der Waals surface area contributed by atoms with Crippen molar-refractivity contribution in [3.63, 3.8) is 0 Å². The quantitative estimate of drug-likeness (QED) is 0.431. The van der Waals surface area contributed by atoms with Crippen LogP contribution in [0.25, 0.3) is 0 Å². The van der Waals surface area contributed by atoms with Crippen molar-refractivity contribution in [1.29, 1.82) is 0 Å². The largest absolute Gasteiger partial charge is 0.450 e. The summed E-state index contributed by atoms with van der Waals surface area (Å²) in [6.45, 7) is -0.961. The van der Waals surface area contributed by atoms with Gasteiger partial charge in [0, 0.05) is 7.05 Å². The third-order valence-corrected chi connectivity index (χ3v) is 3.58. The van der Waals surface area contributed by atoms with E-state index in [0.717, 1.165) is 17.0 Å². The molecule has 0 spiro atoms. The molecular weight excluding hydrogens is 382 g/mol. The molecule has 2 rings (SSSR count). The lowest BCUT2D eigenvalue weighted by molar-refractivity contribution is -0.402. The molecular formula is C16H14ClN3O7. The molecule has 0 bridgehead atoms. The number of esters is 1. The number of hydrogen-bond acceptors (Lipinski definition) is 7. The highest BCUT2D eigenvalue weighted by Crippen LogP contribution is 2.20. The predicted molar refractivity (Wildman–Crippen MR) is 93.4 cm³/mol. The van der Waals surface area contributed by atoms with Crippen LogP contribution in [0.4, 0.5) is 11.6 Å². The van der Waals surface area contributed by atoms with Crippen LogP contribution >= 0.6 is 11.6 Å². The van der Waals surface area contributed by atoms with Gasteiger partial charge in [-0.1, -0.05) is 23.7 Å². The summed E-state index contributed by atoms with van der Waals surface area (Å²) in [7, 11) is 1.35. The van der Waals surface area contributed by atoms with Crippen LogP contribution in [-0.4, -0.2) is 47.8 Å².